The third kappa shape index (κ3) is 6.47. The molecule has 2 fully saturated rings. The van der Waals surface area contributed by atoms with Crippen molar-refractivity contribution in [3.8, 4) is 0 Å². The highest BCUT2D eigenvalue weighted by atomic mass is 15.3. The highest BCUT2D eigenvalue weighted by Crippen LogP contribution is 2.21. The molecule has 0 spiro atoms. The summed E-state index contributed by atoms with van der Waals surface area (Å²) in [7, 11) is 2.29. The highest BCUT2D eigenvalue weighted by molar-refractivity contribution is 5.48. The number of anilines is 1. The monoisotopic (exact) mass is 386 g/mol. The number of hydrogen-bond donors (Lipinski definition) is 0. The second kappa shape index (κ2) is 10.6. The Labute approximate surface area is 173 Å². The first-order chi connectivity index (χ1) is 13.5. The normalized spacial score (nSPS) is 20.4. The minimum absolute atomic E-state index is 0.790. The van der Waals surface area contributed by atoms with Crippen LogP contribution in [-0.4, -0.2) is 80.7 Å². The first kappa shape index (κ1) is 21.6. The zero-order valence-corrected chi connectivity index (χ0v) is 18.7. The van der Waals surface area contributed by atoms with E-state index in [4.69, 9.17) is 0 Å². The van der Waals surface area contributed by atoms with E-state index in [0.717, 1.165) is 31.5 Å². The molecule has 0 N–H and O–H groups in total. The Bertz CT molecular complexity index is 554. The third-order valence-corrected chi connectivity index (χ3v) is 6.47. The van der Waals surface area contributed by atoms with Crippen LogP contribution in [0.4, 0.5) is 5.69 Å². The molecule has 2 aliphatic rings. The van der Waals surface area contributed by atoms with Crippen molar-refractivity contribution in [3.63, 3.8) is 0 Å². The molecule has 0 saturated carbocycles. The van der Waals surface area contributed by atoms with E-state index in [9.17, 15) is 0 Å². The van der Waals surface area contributed by atoms with Crippen molar-refractivity contribution in [2.45, 2.75) is 40.2 Å². The van der Waals surface area contributed by atoms with Crippen LogP contribution in [-0.2, 0) is 6.54 Å². The Kier molecular flexibility index (Phi) is 8.19. The van der Waals surface area contributed by atoms with Gasteiger partial charge in [0, 0.05) is 51.5 Å². The molecule has 0 atom stereocenters. The molecule has 2 saturated heterocycles. The molecule has 4 heteroatoms. The standard InChI is InChI=1S/C24H42N4/c1-5-26-14-16-28(17-15-26)24-8-6-22(7-9-24)19-25(4)20-23-10-12-27(13-11-23)18-21(2)3/h6-9,21,23H,5,10-20H2,1-4H3. The molecule has 0 radical (unpaired) electrons. The van der Waals surface area contributed by atoms with Crippen molar-refractivity contribution < 1.29 is 0 Å². The van der Waals surface area contributed by atoms with Crippen LogP contribution in [0.25, 0.3) is 0 Å². The predicted octanol–water partition coefficient (Wildman–Crippen LogP) is 3.63. The second-order valence-corrected chi connectivity index (χ2v) is 9.42. The van der Waals surface area contributed by atoms with Crippen LogP contribution in [0.5, 0.6) is 0 Å². The van der Waals surface area contributed by atoms with Gasteiger partial charge in [0.05, 0.1) is 0 Å². The first-order valence-electron chi connectivity index (χ1n) is 11.5. The summed E-state index contributed by atoms with van der Waals surface area (Å²) in [5.41, 5.74) is 2.83. The summed E-state index contributed by atoms with van der Waals surface area (Å²) in [6, 6.07) is 9.33. The number of nitrogens with zero attached hydrogens (tertiary/aromatic N) is 4. The topological polar surface area (TPSA) is 13.0 Å². The summed E-state index contributed by atoms with van der Waals surface area (Å²) in [5.74, 6) is 1.65. The first-order valence-corrected chi connectivity index (χ1v) is 11.5. The third-order valence-electron chi connectivity index (χ3n) is 6.47. The van der Waals surface area contributed by atoms with Crippen molar-refractivity contribution in [3.05, 3.63) is 29.8 Å². The van der Waals surface area contributed by atoms with Crippen molar-refractivity contribution in [2.75, 3.05) is 70.9 Å². The van der Waals surface area contributed by atoms with Gasteiger partial charge in [0.25, 0.3) is 0 Å². The molecule has 0 amide bonds. The average Bonchev–Trinajstić information content (AvgIpc) is 2.70. The summed E-state index contributed by atoms with van der Waals surface area (Å²) in [6.45, 7) is 18.9. The van der Waals surface area contributed by atoms with Gasteiger partial charge >= 0.3 is 0 Å². The van der Waals surface area contributed by atoms with Crippen LogP contribution in [0.3, 0.4) is 0 Å². The minimum atomic E-state index is 0.790. The highest BCUT2D eigenvalue weighted by Gasteiger charge is 2.21. The smallest absolute Gasteiger partial charge is 0.0367 e. The lowest BCUT2D eigenvalue weighted by molar-refractivity contribution is 0.141. The fourth-order valence-electron chi connectivity index (χ4n) is 4.82. The molecule has 0 aliphatic carbocycles. The van der Waals surface area contributed by atoms with Crippen LogP contribution >= 0.6 is 0 Å². The summed E-state index contributed by atoms with van der Waals surface area (Å²) in [5, 5.41) is 0. The minimum Gasteiger partial charge on any atom is -0.369 e. The van der Waals surface area contributed by atoms with Gasteiger partial charge in [0.15, 0.2) is 0 Å². The molecule has 3 rings (SSSR count). The van der Waals surface area contributed by atoms with Gasteiger partial charge in [-0.2, -0.15) is 0 Å². The fraction of sp³-hybridized carbons (Fsp3) is 0.750. The van der Waals surface area contributed by atoms with Crippen molar-refractivity contribution in [1.82, 2.24) is 14.7 Å². The maximum Gasteiger partial charge on any atom is 0.0367 e. The number of piperazine rings is 1. The SMILES string of the molecule is CCN1CCN(c2ccc(CN(C)CC3CCN(CC(C)C)CC3)cc2)CC1. The molecule has 0 bridgehead atoms. The molecular formula is C24H42N4. The summed E-state index contributed by atoms with van der Waals surface area (Å²) in [6.07, 6.45) is 2.72. The van der Waals surface area contributed by atoms with Gasteiger partial charge in [0.2, 0.25) is 0 Å². The average molecular weight is 387 g/mol. The van der Waals surface area contributed by atoms with Gasteiger partial charge in [-0.15, -0.1) is 0 Å². The quantitative estimate of drug-likeness (QED) is 0.676. The number of benzene rings is 1. The van der Waals surface area contributed by atoms with E-state index in [2.05, 4.69) is 71.7 Å². The fourth-order valence-corrected chi connectivity index (χ4v) is 4.82. The van der Waals surface area contributed by atoms with E-state index < -0.39 is 0 Å². The van der Waals surface area contributed by atoms with Gasteiger partial charge in [0.1, 0.15) is 0 Å². The van der Waals surface area contributed by atoms with Crippen LogP contribution in [0, 0.1) is 11.8 Å². The van der Waals surface area contributed by atoms with Crippen LogP contribution in [0.15, 0.2) is 24.3 Å². The number of likely N-dealkylation sites (tertiary alicyclic amines) is 1. The zero-order chi connectivity index (χ0) is 19.9. The molecule has 2 heterocycles. The van der Waals surface area contributed by atoms with E-state index in [1.54, 1.807) is 0 Å². The van der Waals surface area contributed by atoms with Crippen LogP contribution in [0.2, 0.25) is 0 Å². The lowest BCUT2D eigenvalue weighted by atomic mass is 9.95. The lowest BCUT2D eigenvalue weighted by Crippen LogP contribution is -2.46. The molecule has 28 heavy (non-hydrogen) atoms. The van der Waals surface area contributed by atoms with Gasteiger partial charge < -0.3 is 19.6 Å². The zero-order valence-electron chi connectivity index (χ0n) is 18.7. The number of likely N-dealkylation sites (N-methyl/N-ethyl adjacent to an activating group) is 1. The van der Waals surface area contributed by atoms with Crippen molar-refractivity contribution in [2.24, 2.45) is 11.8 Å². The van der Waals surface area contributed by atoms with Crippen molar-refractivity contribution >= 4 is 5.69 Å². The number of hydrogen-bond acceptors (Lipinski definition) is 4. The van der Waals surface area contributed by atoms with E-state index in [0.29, 0.717) is 0 Å². The Morgan fingerprint density at radius 1 is 0.929 bits per heavy atom. The molecule has 0 aromatic heterocycles. The maximum absolute atomic E-state index is 2.65. The van der Waals surface area contributed by atoms with Gasteiger partial charge in [-0.25, -0.2) is 0 Å². The Morgan fingerprint density at radius 3 is 2.14 bits per heavy atom. The Morgan fingerprint density at radius 2 is 1.57 bits per heavy atom. The molecule has 1 aromatic rings. The molecular weight excluding hydrogens is 344 g/mol. The summed E-state index contributed by atoms with van der Waals surface area (Å²) < 4.78 is 0. The largest absolute Gasteiger partial charge is 0.369 e. The second-order valence-electron chi connectivity index (χ2n) is 9.42. The predicted molar refractivity (Wildman–Crippen MR) is 121 cm³/mol. The molecule has 1 aromatic carbocycles. The van der Waals surface area contributed by atoms with Crippen LogP contribution < -0.4 is 4.90 Å². The molecule has 158 valence electrons. The summed E-state index contributed by atoms with van der Waals surface area (Å²) >= 11 is 0. The maximum atomic E-state index is 2.65. The molecule has 0 unspecified atom stereocenters. The molecule has 2 aliphatic heterocycles. The van der Waals surface area contributed by atoms with Gasteiger partial charge in [-0.3, -0.25) is 0 Å². The van der Waals surface area contributed by atoms with Crippen LogP contribution in [0.1, 0.15) is 39.2 Å². The van der Waals surface area contributed by atoms with E-state index in [1.807, 2.05) is 0 Å². The van der Waals surface area contributed by atoms with Crippen molar-refractivity contribution in [1.29, 1.82) is 0 Å². The number of rotatable bonds is 8. The molecule has 4 nitrogen and oxygen atoms in total. The van der Waals surface area contributed by atoms with Gasteiger partial charge in [-0.1, -0.05) is 32.9 Å². The van der Waals surface area contributed by atoms with Gasteiger partial charge in [-0.05, 0) is 69.1 Å². The van der Waals surface area contributed by atoms with E-state index in [-0.39, 0.29) is 0 Å². The summed E-state index contributed by atoms with van der Waals surface area (Å²) in [4.78, 5) is 10.2. The van der Waals surface area contributed by atoms with E-state index >= 15 is 0 Å². The number of piperidine rings is 1. The lowest BCUT2D eigenvalue weighted by Gasteiger charge is -2.35. The Hall–Kier alpha value is -1.10. The Balaban J connectivity index is 1.40. The van der Waals surface area contributed by atoms with E-state index in [1.165, 1.54) is 69.9 Å².